The predicted molar refractivity (Wildman–Crippen MR) is 65.0 cm³/mol. The second-order valence-electron chi connectivity index (χ2n) is 4.83. The number of nitrogens with zero attached hydrogens (tertiary/aromatic N) is 1. The maximum atomic E-state index is 12.5. The zero-order valence-corrected chi connectivity index (χ0v) is 10.5. The summed E-state index contributed by atoms with van der Waals surface area (Å²) in [6.45, 7) is 1.34. The molecule has 1 heterocycles. The van der Waals surface area contributed by atoms with Crippen LogP contribution in [-0.4, -0.2) is 26.6 Å². The summed E-state index contributed by atoms with van der Waals surface area (Å²) in [5.74, 6) is -2.27. The van der Waals surface area contributed by atoms with Crippen LogP contribution in [0.25, 0.3) is 11.0 Å². The van der Waals surface area contributed by atoms with Crippen LogP contribution in [0.4, 0.5) is 13.2 Å². The van der Waals surface area contributed by atoms with E-state index in [0.29, 0.717) is 5.56 Å². The quantitative estimate of drug-likeness (QED) is 0.804. The Kier molecular flexibility index (Phi) is 3.21. The molecule has 0 aliphatic rings. The maximum absolute atomic E-state index is 12.5. The lowest BCUT2D eigenvalue weighted by Gasteiger charge is -2.18. The highest BCUT2D eigenvalue weighted by Gasteiger charge is 2.35. The molecule has 0 saturated heterocycles. The van der Waals surface area contributed by atoms with Crippen molar-refractivity contribution < 1.29 is 23.1 Å². The molecule has 0 unspecified atom stereocenters. The number of fused-ring (bicyclic) bond motifs is 1. The van der Waals surface area contributed by atoms with Crippen LogP contribution in [0, 0.1) is 0 Å². The number of carbonyl (C=O) groups is 1. The van der Waals surface area contributed by atoms with Crippen LogP contribution in [0.15, 0.2) is 18.2 Å². The van der Waals surface area contributed by atoms with E-state index in [0.717, 1.165) is 0 Å². The first-order valence-electron chi connectivity index (χ1n) is 5.68. The van der Waals surface area contributed by atoms with Crippen LogP contribution in [0.3, 0.4) is 0 Å². The van der Waals surface area contributed by atoms with Crippen molar-refractivity contribution in [2.75, 3.05) is 0 Å². The van der Waals surface area contributed by atoms with E-state index in [1.54, 1.807) is 0 Å². The number of benzene rings is 1. The van der Waals surface area contributed by atoms with Crippen molar-refractivity contribution in [3.63, 3.8) is 0 Å². The number of aromatic nitrogens is 2. The molecule has 0 aliphatic heterocycles. The molecule has 0 amide bonds. The number of H-pyrrole nitrogens is 1. The fourth-order valence-corrected chi connectivity index (χ4v) is 1.80. The second-order valence-corrected chi connectivity index (χ2v) is 4.83. The number of carboxylic acids is 1. The number of aliphatic carboxylic acids is 1. The molecular formula is C12H12F3N3O2. The molecule has 0 radical (unpaired) electrons. The second kappa shape index (κ2) is 4.48. The first-order valence-corrected chi connectivity index (χ1v) is 5.68. The SMILES string of the molecule is C[C@](N)(Cc1ccc2nc(C(F)(F)F)[nH]c2c1)C(=O)O. The van der Waals surface area contributed by atoms with Crippen LogP contribution in [-0.2, 0) is 17.4 Å². The summed E-state index contributed by atoms with van der Waals surface area (Å²) in [5, 5.41) is 8.93. The van der Waals surface area contributed by atoms with E-state index < -0.39 is 23.5 Å². The van der Waals surface area contributed by atoms with Crippen LogP contribution >= 0.6 is 0 Å². The summed E-state index contributed by atoms with van der Waals surface area (Å²) in [7, 11) is 0. The monoisotopic (exact) mass is 287 g/mol. The number of hydrogen-bond acceptors (Lipinski definition) is 3. The minimum absolute atomic E-state index is 0.00134. The highest BCUT2D eigenvalue weighted by atomic mass is 19.4. The Bertz CT molecular complexity index is 662. The summed E-state index contributed by atoms with van der Waals surface area (Å²) in [6, 6.07) is 4.33. The van der Waals surface area contributed by atoms with Gasteiger partial charge < -0.3 is 15.8 Å². The van der Waals surface area contributed by atoms with Crippen molar-refractivity contribution in [1.29, 1.82) is 0 Å². The predicted octanol–water partition coefficient (Wildman–Crippen LogP) is 1.93. The third-order valence-electron chi connectivity index (χ3n) is 2.87. The molecular weight excluding hydrogens is 275 g/mol. The van der Waals surface area contributed by atoms with E-state index in [2.05, 4.69) is 9.97 Å². The van der Waals surface area contributed by atoms with Crippen molar-refractivity contribution in [3.05, 3.63) is 29.6 Å². The van der Waals surface area contributed by atoms with Gasteiger partial charge in [-0.05, 0) is 24.6 Å². The van der Waals surface area contributed by atoms with Gasteiger partial charge in [-0.1, -0.05) is 6.07 Å². The number of imidazole rings is 1. The van der Waals surface area contributed by atoms with Gasteiger partial charge in [0.15, 0.2) is 0 Å². The van der Waals surface area contributed by atoms with Gasteiger partial charge in [0.2, 0.25) is 5.82 Å². The van der Waals surface area contributed by atoms with E-state index in [9.17, 15) is 18.0 Å². The number of nitrogens with one attached hydrogen (secondary N) is 1. The molecule has 108 valence electrons. The molecule has 4 N–H and O–H groups in total. The molecule has 1 aromatic carbocycles. The largest absolute Gasteiger partial charge is 0.480 e. The maximum Gasteiger partial charge on any atom is 0.449 e. The Hall–Kier alpha value is -2.09. The van der Waals surface area contributed by atoms with E-state index in [4.69, 9.17) is 10.8 Å². The molecule has 0 fully saturated rings. The highest BCUT2D eigenvalue weighted by molar-refractivity contribution is 5.79. The highest BCUT2D eigenvalue weighted by Crippen LogP contribution is 2.29. The van der Waals surface area contributed by atoms with Gasteiger partial charge in [-0.2, -0.15) is 13.2 Å². The van der Waals surface area contributed by atoms with Gasteiger partial charge in [0.05, 0.1) is 11.0 Å². The zero-order chi connectivity index (χ0) is 15.1. The molecule has 1 atom stereocenters. The van der Waals surface area contributed by atoms with Crippen molar-refractivity contribution in [1.82, 2.24) is 9.97 Å². The lowest BCUT2D eigenvalue weighted by Crippen LogP contribution is -2.46. The van der Waals surface area contributed by atoms with Crippen LogP contribution in [0.5, 0.6) is 0 Å². The topological polar surface area (TPSA) is 92.0 Å². The average molecular weight is 287 g/mol. The van der Waals surface area contributed by atoms with Crippen molar-refractivity contribution >= 4 is 17.0 Å². The van der Waals surface area contributed by atoms with Gasteiger partial charge in [-0.15, -0.1) is 0 Å². The molecule has 2 aromatic rings. The van der Waals surface area contributed by atoms with Gasteiger partial charge in [0.1, 0.15) is 5.54 Å². The molecule has 0 aliphatic carbocycles. The molecule has 20 heavy (non-hydrogen) atoms. The molecule has 0 spiro atoms. The van der Waals surface area contributed by atoms with Gasteiger partial charge in [-0.25, -0.2) is 4.98 Å². The molecule has 1 aromatic heterocycles. The third kappa shape index (κ3) is 2.74. The van der Waals surface area contributed by atoms with Crippen LogP contribution in [0.2, 0.25) is 0 Å². The lowest BCUT2D eigenvalue weighted by atomic mass is 9.94. The Balaban J connectivity index is 2.37. The number of hydrogen-bond donors (Lipinski definition) is 3. The first kappa shape index (κ1) is 14.3. The summed E-state index contributed by atoms with van der Waals surface area (Å²) < 4.78 is 37.5. The minimum atomic E-state index is -4.55. The number of aromatic amines is 1. The summed E-state index contributed by atoms with van der Waals surface area (Å²) >= 11 is 0. The number of alkyl halides is 3. The Morgan fingerprint density at radius 1 is 1.45 bits per heavy atom. The first-order chi connectivity index (χ1) is 9.09. The number of carboxylic acid groups (broad SMARTS) is 1. The standard InChI is InChI=1S/C12H12F3N3O2/c1-11(16,10(19)20)5-6-2-3-7-8(4-6)18-9(17-7)12(13,14)15/h2-4H,5,16H2,1H3,(H,17,18)(H,19,20)/t11-/m0/s1. The normalized spacial score (nSPS) is 15.2. The summed E-state index contributed by atoms with van der Waals surface area (Å²) in [4.78, 5) is 16.5. The lowest BCUT2D eigenvalue weighted by molar-refractivity contribution is -0.144. The average Bonchev–Trinajstić information content (AvgIpc) is 2.70. The van der Waals surface area contributed by atoms with Gasteiger partial charge in [0, 0.05) is 6.42 Å². The molecule has 0 bridgehead atoms. The fraction of sp³-hybridized carbons (Fsp3) is 0.333. The molecule has 0 saturated carbocycles. The molecule has 8 heteroatoms. The fourth-order valence-electron chi connectivity index (χ4n) is 1.80. The number of halogens is 3. The van der Waals surface area contributed by atoms with E-state index in [-0.39, 0.29) is 17.5 Å². The van der Waals surface area contributed by atoms with Gasteiger partial charge in [0.25, 0.3) is 0 Å². The number of rotatable bonds is 3. The third-order valence-corrected chi connectivity index (χ3v) is 2.87. The van der Waals surface area contributed by atoms with Crippen molar-refractivity contribution in [2.24, 2.45) is 5.73 Å². The van der Waals surface area contributed by atoms with Crippen LogP contribution < -0.4 is 5.73 Å². The molecule has 5 nitrogen and oxygen atoms in total. The Labute approximate surface area is 111 Å². The van der Waals surface area contributed by atoms with Crippen LogP contribution in [0.1, 0.15) is 18.3 Å². The minimum Gasteiger partial charge on any atom is -0.480 e. The van der Waals surface area contributed by atoms with Crippen molar-refractivity contribution in [2.45, 2.75) is 25.1 Å². The molecule has 2 rings (SSSR count). The summed E-state index contributed by atoms with van der Waals surface area (Å²) in [6.07, 6.45) is -4.55. The Morgan fingerprint density at radius 3 is 2.65 bits per heavy atom. The zero-order valence-electron chi connectivity index (χ0n) is 10.5. The van der Waals surface area contributed by atoms with Gasteiger partial charge >= 0.3 is 12.1 Å². The Morgan fingerprint density at radius 2 is 2.10 bits per heavy atom. The smallest absolute Gasteiger partial charge is 0.449 e. The van der Waals surface area contributed by atoms with Crippen molar-refractivity contribution in [3.8, 4) is 0 Å². The number of nitrogens with two attached hydrogens (primary N) is 1. The van der Waals surface area contributed by atoms with E-state index in [1.807, 2.05) is 0 Å². The van der Waals surface area contributed by atoms with Gasteiger partial charge in [-0.3, -0.25) is 4.79 Å². The van der Waals surface area contributed by atoms with E-state index >= 15 is 0 Å². The van der Waals surface area contributed by atoms with E-state index in [1.165, 1.54) is 25.1 Å². The summed E-state index contributed by atoms with van der Waals surface area (Å²) in [5.41, 5.74) is 4.99.